The SMILES string of the molecule is CC(C)CCC[C@@H](C)[C@H]1CCC2C3C(CC[C@@]21C)[C@@]1(C)CC[C@H](OP(=O)(O)OCC2OC(n4ccc(=O)[nH]c4=O)CC2O)CC1=C[C@@H]3C. The minimum absolute atomic E-state index is 0.0737. The fourth-order valence-corrected chi connectivity index (χ4v) is 12.1. The number of allylic oxidation sites excluding steroid dienone is 1. The fraction of sp³-hybridized carbons (Fsp3) is 0.838. The molecule has 0 amide bonds. The van der Waals surface area contributed by atoms with Gasteiger partial charge in [0.1, 0.15) is 12.3 Å². The van der Waals surface area contributed by atoms with Gasteiger partial charge in [0.2, 0.25) is 0 Å². The minimum Gasteiger partial charge on any atom is -0.390 e. The van der Waals surface area contributed by atoms with E-state index < -0.39 is 43.6 Å². The van der Waals surface area contributed by atoms with Crippen LogP contribution in [-0.2, 0) is 18.3 Å². The molecule has 0 spiro atoms. The Hall–Kier alpha value is -1.55. The molecule has 4 aliphatic carbocycles. The van der Waals surface area contributed by atoms with Gasteiger partial charge in [-0.15, -0.1) is 0 Å². The largest absolute Gasteiger partial charge is 0.472 e. The third-order valence-electron chi connectivity index (χ3n) is 13.6. The molecule has 4 fully saturated rings. The summed E-state index contributed by atoms with van der Waals surface area (Å²) < 4.78 is 31.2. The molecule has 7 unspecified atom stereocenters. The van der Waals surface area contributed by atoms with Crippen LogP contribution in [0.3, 0.4) is 0 Å². The Balaban J connectivity index is 1.06. The van der Waals surface area contributed by atoms with Crippen LogP contribution >= 0.6 is 7.82 Å². The molecule has 0 radical (unpaired) electrons. The lowest BCUT2D eigenvalue weighted by Gasteiger charge is -2.60. The Kier molecular flexibility index (Phi) is 10.5. The van der Waals surface area contributed by atoms with E-state index in [0.717, 1.165) is 30.1 Å². The highest BCUT2D eigenvalue weighted by molar-refractivity contribution is 7.47. The number of nitrogens with one attached hydrogen (secondary N) is 1. The highest BCUT2D eigenvalue weighted by Gasteiger charge is 2.60. The van der Waals surface area contributed by atoms with Gasteiger partial charge in [-0.25, -0.2) is 9.36 Å². The number of hydrogen-bond acceptors (Lipinski definition) is 7. The molecule has 2 heterocycles. The standard InChI is InChI=1S/C37H59N2O8P/c1-22(2)8-7-9-23(3)27-10-11-28-34-24(4)18-25-19-26(12-15-36(25,5)29(34)13-16-37(27,28)6)47-48(43,44)45-21-31-30(40)20-33(46-31)39-17-14-32(41)38-35(39)42/h14,17-18,22-24,26-31,33-34,40H,7-13,15-16,19-21H2,1-6H3,(H,43,44)(H,38,41,42)/t23-,24+,26+,27-,28?,29?,30?,31?,33?,34?,36+,37-/m1/s1. The van der Waals surface area contributed by atoms with Crippen molar-refractivity contribution in [1.82, 2.24) is 9.55 Å². The number of aliphatic hydroxyl groups is 1. The van der Waals surface area contributed by atoms with Gasteiger partial charge < -0.3 is 14.7 Å². The highest BCUT2D eigenvalue weighted by atomic mass is 31.2. The van der Waals surface area contributed by atoms with Gasteiger partial charge in [0.15, 0.2) is 0 Å². The summed E-state index contributed by atoms with van der Waals surface area (Å²) in [5.74, 6) is 4.92. The number of phosphoric acid groups is 1. The van der Waals surface area contributed by atoms with Crippen molar-refractivity contribution < 1.29 is 28.3 Å². The van der Waals surface area contributed by atoms with E-state index >= 15 is 0 Å². The Morgan fingerprint density at radius 3 is 2.60 bits per heavy atom. The lowest BCUT2D eigenvalue weighted by atomic mass is 9.45. The smallest absolute Gasteiger partial charge is 0.390 e. The normalized spacial score (nSPS) is 41.3. The van der Waals surface area contributed by atoms with Gasteiger partial charge >= 0.3 is 13.5 Å². The zero-order valence-corrected chi connectivity index (χ0v) is 30.7. The van der Waals surface area contributed by atoms with Crippen molar-refractivity contribution in [3.63, 3.8) is 0 Å². The van der Waals surface area contributed by atoms with Crippen molar-refractivity contribution >= 4 is 7.82 Å². The summed E-state index contributed by atoms with van der Waals surface area (Å²) in [4.78, 5) is 36.4. The number of phosphoric ester groups is 1. The Morgan fingerprint density at radius 1 is 1.10 bits per heavy atom. The number of aromatic nitrogens is 2. The number of rotatable bonds is 11. The van der Waals surface area contributed by atoms with Crippen LogP contribution in [0.15, 0.2) is 33.5 Å². The van der Waals surface area contributed by atoms with Crippen molar-refractivity contribution in [2.75, 3.05) is 6.61 Å². The lowest BCUT2D eigenvalue weighted by molar-refractivity contribution is -0.0742. The second kappa shape index (κ2) is 13.9. The van der Waals surface area contributed by atoms with E-state index in [9.17, 15) is 24.2 Å². The average molecular weight is 691 g/mol. The van der Waals surface area contributed by atoms with E-state index in [0.29, 0.717) is 36.0 Å². The highest BCUT2D eigenvalue weighted by Crippen LogP contribution is 2.68. The van der Waals surface area contributed by atoms with E-state index in [1.807, 2.05) is 0 Å². The predicted molar refractivity (Wildman–Crippen MR) is 184 cm³/mol. The summed E-state index contributed by atoms with van der Waals surface area (Å²) in [5, 5.41) is 10.5. The molecule has 10 nitrogen and oxygen atoms in total. The van der Waals surface area contributed by atoms with Crippen molar-refractivity contribution in [3.8, 4) is 0 Å². The summed E-state index contributed by atoms with van der Waals surface area (Å²) in [6.45, 7) is 14.3. The predicted octanol–water partition coefficient (Wildman–Crippen LogP) is 6.97. The van der Waals surface area contributed by atoms with Gasteiger partial charge in [-0.3, -0.25) is 23.4 Å². The molecule has 5 aliphatic rings. The molecule has 1 aromatic rings. The fourth-order valence-electron chi connectivity index (χ4n) is 11.2. The Morgan fingerprint density at radius 2 is 1.88 bits per heavy atom. The first-order valence-corrected chi connectivity index (χ1v) is 20.1. The molecule has 6 rings (SSSR count). The van der Waals surface area contributed by atoms with Crippen LogP contribution < -0.4 is 11.2 Å². The molecule has 11 heteroatoms. The van der Waals surface area contributed by atoms with E-state index in [4.69, 9.17) is 13.8 Å². The quantitative estimate of drug-likeness (QED) is 0.167. The number of nitrogens with zero attached hydrogens (tertiary/aromatic N) is 1. The molecule has 1 saturated heterocycles. The first-order valence-electron chi connectivity index (χ1n) is 18.6. The van der Waals surface area contributed by atoms with Crippen molar-refractivity contribution in [3.05, 3.63) is 44.8 Å². The topological polar surface area (TPSA) is 140 Å². The van der Waals surface area contributed by atoms with Crippen molar-refractivity contribution in [2.45, 2.75) is 137 Å². The second-order valence-corrected chi connectivity index (χ2v) is 18.4. The van der Waals surface area contributed by atoms with Crippen molar-refractivity contribution in [1.29, 1.82) is 0 Å². The van der Waals surface area contributed by atoms with E-state index in [1.165, 1.54) is 67.3 Å². The summed E-state index contributed by atoms with van der Waals surface area (Å²) >= 11 is 0. The Bertz CT molecular complexity index is 1510. The third kappa shape index (κ3) is 7.01. The van der Waals surface area contributed by atoms with Crippen LogP contribution in [0.2, 0.25) is 0 Å². The van der Waals surface area contributed by atoms with Crippen LogP contribution in [0.25, 0.3) is 0 Å². The molecule has 13 atom stereocenters. The lowest BCUT2D eigenvalue weighted by Crippen LogP contribution is -2.53. The molecule has 1 aromatic heterocycles. The third-order valence-corrected chi connectivity index (χ3v) is 14.7. The molecule has 270 valence electrons. The van der Waals surface area contributed by atoms with E-state index in [1.54, 1.807) is 0 Å². The minimum atomic E-state index is -4.45. The molecule has 3 saturated carbocycles. The van der Waals surface area contributed by atoms with Crippen LogP contribution in [0.4, 0.5) is 0 Å². The zero-order valence-electron chi connectivity index (χ0n) is 29.8. The van der Waals surface area contributed by atoms with Crippen LogP contribution in [0.1, 0.15) is 118 Å². The number of ether oxygens (including phenoxy) is 1. The maximum Gasteiger partial charge on any atom is 0.472 e. The van der Waals surface area contributed by atoms with Crippen LogP contribution in [0.5, 0.6) is 0 Å². The molecule has 3 N–H and O–H groups in total. The molecule has 48 heavy (non-hydrogen) atoms. The zero-order chi connectivity index (χ0) is 34.6. The van der Waals surface area contributed by atoms with Crippen LogP contribution in [-0.4, -0.2) is 44.5 Å². The van der Waals surface area contributed by atoms with Gasteiger partial charge in [0.25, 0.3) is 5.56 Å². The number of hydrogen-bond donors (Lipinski definition) is 3. The Labute approximate surface area is 285 Å². The number of H-pyrrole nitrogens is 1. The summed E-state index contributed by atoms with van der Waals surface area (Å²) in [7, 11) is -4.45. The van der Waals surface area contributed by atoms with E-state index in [2.05, 4.69) is 52.6 Å². The number of fused-ring (bicyclic) bond motifs is 5. The first-order chi connectivity index (χ1) is 22.6. The monoisotopic (exact) mass is 690 g/mol. The second-order valence-electron chi connectivity index (χ2n) is 17.0. The maximum atomic E-state index is 13.1. The molecular formula is C37H59N2O8P. The van der Waals surface area contributed by atoms with Gasteiger partial charge in [-0.05, 0) is 97.2 Å². The molecule has 1 aliphatic heterocycles. The molecule has 0 bridgehead atoms. The molecular weight excluding hydrogens is 631 g/mol. The number of aliphatic hydroxyl groups excluding tert-OH is 1. The number of aromatic amines is 1. The molecule has 0 aromatic carbocycles. The van der Waals surface area contributed by atoms with Gasteiger partial charge in [-0.2, -0.15) is 0 Å². The van der Waals surface area contributed by atoms with E-state index in [-0.39, 0.29) is 18.4 Å². The van der Waals surface area contributed by atoms with Gasteiger partial charge in [0.05, 0.1) is 18.8 Å². The summed E-state index contributed by atoms with van der Waals surface area (Å²) in [6, 6.07) is 1.20. The van der Waals surface area contributed by atoms with Gasteiger partial charge in [-0.1, -0.05) is 72.5 Å². The average Bonchev–Trinajstić information content (AvgIpc) is 3.55. The summed E-state index contributed by atoms with van der Waals surface area (Å²) in [5.41, 5.74) is 0.682. The summed E-state index contributed by atoms with van der Waals surface area (Å²) in [6.07, 6.45) is 12.2. The van der Waals surface area contributed by atoms with Gasteiger partial charge in [0, 0.05) is 18.7 Å². The van der Waals surface area contributed by atoms with Crippen LogP contribution in [0, 0.1) is 52.3 Å². The first kappa shape index (κ1) is 36.2. The van der Waals surface area contributed by atoms with Crippen molar-refractivity contribution in [2.24, 2.45) is 52.3 Å². The maximum absolute atomic E-state index is 13.1.